The molecule has 2 heterocycles. The van der Waals surface area contributed by atoms with Gasteiger partial charge in [0.05, 0.1) is 11.5 Å². The molecule has 0 amide bonds. The van der Waals surface area contributed by atoms with Crippen LogP contribution in [0.15, 0.2) is 12.1 Å². The lowest BCUT2D eigenvalue weighted by molar-refractivity contribution is 0.566. The van der Waals surface area contributed by atoms with Crippen molar-refractivity contribution in [1.82, 2.24) is 10.2 Å². The van der Waals surface area contributed by atoms with E-state index in [1.807, 2.05) is 11.8 Å². The zero-order valence-corrected chi connectivity index (χ0v) is 9.81. The summed E-state index contributed by atoms with van der Waals surface area (Å²) in [5.41, 5.74) is 5.45. The van der Waals surface area contributed by atoms with Crippen LogP contribution in [0.4, 0.5) is 11.6 Å². The molecule has 0 bridgehead atoms. The Labute approximate surface area is 94.4 Å². The van der Waals surface area contributed by atoms with Crippen LogP contribution in [0.5, 0.6) is 0 Å². The molecule has 1 atom stereocenters. The molecule has 0 saturated carbocycles. The number of nitrogen functional groups attached to an aromatic ring is 1. The van der Waals surface area contributed by atoms with Gasteiger partial charge in [0, 0.05) is 12.6 Å². The van der Waals surface area contributed by atoms with E-state index >= 15 is 0 Å². The summed E-state index contributed by atoms with van der Waals surface area (Å²) in [6, 6.07) is 3.35. The lowest BCUT2D eigenvalue weighted by atomic mass is 10.3. The van der Waals surface area contributed by atoms with Gasteiger partial charge in [0.2, 0.25) is 0 Å². The van der Waals surface area contributed by atoms with Gasteiger partial charge in [0.15, 0.2) is 15.7 Å². The van der Waals surface area contributed by atoms with Gasteiger partial charge >= 0.3 is 0 Å². The Hall–Kier alpha value is -1.37. The quantitative estimate of drug-likeness (QED) is 0.726. The summed E-state index contributed by atoms with van der Waals surface area (Å²) in [6.45, 7) is 2.33. The predicted molar refractivity (Wildman–Crippen MR) is 61.9 cm³/mol. The van der Waals surface area contributed by atoms with Crippen molar-refractivity contribution < 1.29 is 8.42 Å². The molecule has 2 rings (SSSR count). The average molecular weight is 242 g/mol. The fraction of sp³-hybridized carbons (Fsp3) is 0.556. The van der Waals surface area contributed by atoms with E-state index in [2.05, 4.69) is 10.2 Å². The van der Waals surface area contributed by atoms with Crippen LogP contribution in [-0.4, -0.2) is 42.7 Å². The van der Waals surface area contributed by atoms with Crippen molar-refractivity contribution in [2.45, 2.75) is 13.0 Å². The molecule has 88 valence electrons. The van der Waals surface area contributed by atoms with E-state index in [1.54, 1.807) is 12.1 Å². The summed E-state index contributed by atoms with van der Waals surface area (Å²) in [7, 11) is -2.90. The molecule has 1 aliphatic rings. The molecule has 1 aliphatic heterocycles. The number of sulfone groups is 1. The van der Waals surface area contributed by atoms with Crippen molar-refractivity contribution in [2.75, 3.05) is 28.7 Å². The molecule has 2 N–H and O–H groups in total. The van der Waals surface area contributed by atoms with Gasteiger partial charge in [-0.15, -0.1) is 10.2 Å². The Balaban J connectivity index is 2.20. The van der Waals surface area contributed by atoms with E-state index in [1.165, 1.54) is 0 Å². The highest BCUT2D eigenvalue weighted by atomic mass is 32.2. The summed E-state index contributed by atoms with van der Waals surface area (Å²) in [5.74, 6) is 1.38. The smallest absolute Gasteiger partial charge is 0.154 e. The van der Waals surface area contributed by atoms with Crippen molar-refractivity contribution in [3.8, 4) is 0 Å². The molecular weight excluding hydrogens is 228 g/mol. The molecule has 1 unspecified atom stereocenters. The molecular formula is C9H14N4O2S. The van der Waals surface area contributed by atoms with Gasteiger partial charge in [0.1, 0.15) is 5.82 Å². The first-order chi connectivity index (χ1) is 7.48. The minimum absolute atomic E-state index is 0.0725. The highest BCUT2D eigenvalue weighted by Crippen LogP contribution is 2.18. The number of anilines is 2. The Morgan fingerprint density at radius 3 is 2.75 bits per heavy atom. The zero-order valence-electron chi connectivity index (χ0n) is 9.00. The van der Waals surface area contributed by atoms with E-state index in [9.17, 15) is 8.42 Å². The summed E-state index contributed by atoms with van der Waals surface area (Å²) in [5, 5.41) is 7.72. The molecule has 1 aromatic heterocycles. The molecule has 0 radical (unpaired) electrons. The van der Waals surface area contributed by atoms with Crippen molar-refractivity contribution in [3.05, 3.63) is 12.1 Å². The molecule has 7 heteroatoms. The van der Waals surface area contributed by atoms with Gasteiger partial charge in [-0.05, 0) is 19.1 Å². The number of aromatic nitrogens is 2. The third kappa shape index (κ3) is 2.24. The highest BCUT2D eigenvalue weighted by molar-refractivity contribution is 7.91. The molecule has 0 spiro atoms. The van der Waals surface area contributed by atoms with Crippen LogP contribution >= 0.6 is 0 Å². The van der Waals surface area contributed by atoms with Crippen LogP contribution < -0.4 is 10.6 Å². The van der Waals surface area contributed by atoms with Crippen LogP contribution in [0.25, 0.3) is 0 Å². The fourth-order valence-electron chi connectivity index (χ4n) is 1.83. The fourth-order valence-corrected chi connectivity index (χ4v) is 3.38. The Bertz CT molecular complexity index is 471. The van der Waals surface area contributed by atoms with E-state index in [-0.39, 0.29) is 17.5 Å². The van der Waals surface area contributed by atoms with Gasteiger partial charge in [0.25, 0.3) is 0 Å². The summed E-state index contributed by atoms with van der Waals surface area (Å²) < 4.78 is 22.8. The standard InChI is InChI=1S/C9H14N4O2S/c1-7-6-16(14,15)5-4-13(7)9-3-2-8(10)11-12-9/h2-3,7H,4-6H2,1H3,(H2,10,11). The Morgan fingerprint density at radius 1 is 1.44 bits per heavy atom. The Kier molecular flexibility index (Phi) is 2.71. The number of hydrogen-bond donors (Lipinski definition) is 1. The van der Waals surface area contributed by atoms with Crippen LogP contribution in [0, 0.1) is 0 Å². The molecule has 6 nitrogen and oxygen atoms in total. The van der Waals surface area contributed by atoms with Crippen LogP contribution in [-0.2, 0) is 9.84 Å². The second-order valence-corrected chi connectivity index (χ2v) is 6.20. The third-order valence-electron chi connectivity index (χ3n) is 2.64. The minimum atomic E-state index is -2.90. The second-order valence-electron chi connectivity index (χ2n) is 3.97. The average Bonchev–Trinajstić information content (AvgIpc) is 2.19. The summed E-state index contributed by atoms with van der Waals surface area (Å²) >= 11 is 0. The van der Waals surface area contributed by atoms with E-state index in [4.69, 9.17) is 5.73 Å². The molecule has 0 aromatic carbocycles. The van der Waals surface area contributed by atoms with Crippen LogP contribution in [0.2, 0.25) is 0 Å². The van der Waals surface area contributed by atoms with Gasteiger partial charge in [-0.25, -0.2) is 8.42 Å². The topological polar surface area (TPSA) is 89.2 Å². The number of nitrogens with two attached hydrogens (primary N) is 1. The summed E-state index contributed by atoms with van der Waals surface area (Å²) in [4.78, 5) is 1.94. The lowest BCUT2D eigenvalue weighted by Crippen LogP contribution is -2.47. The van der Waals surface area contributed by atoms with E-state index in [0.717, 1.165) is 0 Å². The van der Waals surface area contributed by atoms with Crippen molar-refractivity contribution >= 4 is 21.5 Å². The largest absolute Gasteiger partial charge is 0.382 e. The first kappa shape index (κ1) is 11.1. The maximum atomic E-state index is 11.4. The first-order valence-corrected chi connectivity index (χ1v) is 6.86. The predicted octanol–water partition coefficient (Wildman–Crippen LogP) is -0.318. The van der Waals surface area contributed by atoms with E-state index in [0.29, 0.717) is 18.2 Å². The van der Waals surface area contributed by atoms with Crippen LogP contribution in [0.1, 0.15) is 6.92 Å². The summed E-state index contributed by atoms with van der Waals surface area (Å²) in [6.07, 6.45) is 0. The first-order valence-electron chi connectivity index (χ1n) is 5.04. The maximum absolute atomic E-state index is 11.4. The zero-order chi connectivity index (χ0) is 11.8. The number of rotatable bonds is 1. The lowest BCUT2D eigenvalue weighted by Gasteiger charge is -2.33. The molecule has 16 heavy (non-hydrogen) atoms. The molecule has 0 aliphatic carbocycles. The second kappa shape index (κ2) is 3.89. The van der Waals surface area contributed by atoms with Crippen molar-refractivity contribution in [2.24, 2.45) is 0 Å². The molecule has 1 saturated heterocycles. The molecule has 1 fully saturated rings. The Morgan fingerprint density at radius 2 is 2.19 bits per heavy atom. The molecule has 1 aromatic rings. The van der Waals surface area contributed by atoms with Crippen molar-refractivity contribution in [1.29, 1.82) is 0 Å². The SMILES string of the molecule is CC1CS(=O)(=O)CCN1c1ccc(N)nn1. The van der Waals surface area contributed by atoms with E-state index < -0.39 is 9.84 Å². The third-order valence-corrected chi connectivity index (χ3v) is 4.43. The monoisotopic (exact) mass is 242 g/mol. The number of nitrogens with zero attached hydrogens (tertiary/aromatic N) is 3. The maximum Gasteiger partial charge on any atom is 0.154 e. The van der Waals surface area contributed by atoms with Crippen molar-refractivity contribution in [3.63, 3.8) is 0 Å². The van der Waals surface area contributed by atoms with Gasteiger partial charge in [-0.3, -0.25) is 0 Å². The minimum Gasteiger partial charge on any atom is -0.382 e. The van der Waals surface area contributed by atoms with Crippen LogP contribution in [0.3, 0.4) is 0 Å². The van der Waals surface area contributed by atoms with Gasteiger partial charge in [-0.1, -0.05) is 0 Å². The number of hydrogen-bond acceptors (Lipinski definition) is 6. The highest BCUT2D eigenvalue weighted by Gasteiger charge is 2.28. The van der Waals surface area contributed by atoms with Gasteiger partial charge in [-0.2, -0.15) is 0 Å². The normalized spacial score (nSPS) is 24.3. The van der Waals surface area contributed by atoms with Gasteiger partial charge < -0.3 is 10.6 Å².